The third-order valence-corrected chi connectivity index (χ3v) is 5.15. The molecule has 0 aromatic heterocycles. The van der Waals surface area contributed by atoms with Crippen molar-refractivity contribution in [3.63, 3.8) is 0 Å². The Morgan fingerprint density at radius 2 is 1.56 bits per heavy atom. The van der Waals surface area contributed by atoms with Gasteiger partial charge in [0.2, 0.25) is 0 Å². The van der Waals surface area contributed by atoms with Crippen LogP contribution in [0.3, 0.4) is 0 Å². The van der Waals surface area contributed by atoms with Crippen LogP contribution in [0.1, 0.15) is 50.5 Å². The third kappa shape index (κ3) is 7.89. The van der Waals surface area contributed by atoms with E-state index in [0.717, 1.165) is 25.2 Å². The second-order valence-electron chi connectivity index (χ2n) is 8.87. The molecule has 0 fully saturated rings. The number of carbonyl (C=O) groups is 2. The molecule has 32 heavy (non-hydrogen) atoms. The number of amides is 3. The molecule has 7 nitrogen and oxygen atoms in total. The highest BCUT2D eigenvalue weighted by Gasteiger charge is 2.20. The largest absolute Gasteiger partial charge is 0.397 e. The first-order chi connectivity index (χ1) is 15.1. The van der Waals surface area contributed by atoms with Crippen molar-refractivity contribution in [2.75, 3.05) is 37.2 Å². The summed E-state index contributed by atoms with van der Waals surface area (Å²) in [4.78, 5) is 29.6. The van der Waals surface area contributed by atoms with Gasteiger partial charge in [-0.1, -0.05) is 38.1 Å². The van der Waals surface area contributed by atoms with E-state index >= 15 is 0 Å². The van der Waals surface area contributed by atoms with Gasteiger partial charge in [0.1, 0.15) is 0 Å². The number of hydrogen-bond donors (Lipinski definition) is 3. The van der Waals surface area contributed by atoms with Crippen LogP contribution in [0.15, 0.2) is 48.5 Å². The summed E-state index contributed by atoms with van der Waals surface area (Å²) in [5.74, 6) is -0.224. The molecule has 0 radical (unpaired) electrons. The standard InChI is InChI=1S/C25H37N5O2/c1-6-29(7-2)16-17-30(24(32)28-25(3,4)5)18-19-12-14-20(15-13-19)23(31)27-22-11-9-8-10-21(22)26/h8-15H,6-7,16-18,26H2,1-5H3,(H,27,31)(H,28,32). The molecule has 2 rings (SSSR count). The Morgan fingerprint density at radius 1 is 0.938 bits per heavy atom. The van der Waals surface area contributed by atoms with Gasteiger partial charge in [-0.2, -0.15) is 0 Å². The predicted molar refractivity (Wildman–Crippen MR) is 132 cm³/mol. The number of likely N-dealkylation sites (N-methyl/N-ethyl adjacent to an activating group) is 1. The zero-order chi connectivity index (χ0) is 23.7. The van der Waals surface area contributed by atoms with E-state index in [9.17, 15) is 9.59 Å². The SMILES string of the molecule is CCN(CC)CCN(Cc1ccc(C(=O)Nc2ccccc2N)cc1)C(=O)NC(C)(C)C. The summed E-state index contributed by atoms with van der Waals surface area (Å²) in [6, 6.07) is 14.4. The topological polar surface area (TPSA) is 90.7 Å². The molecule has 174 valence electrons. The normalized spacial score (nSPS) is 11.3. The van der Waals surface area contributed by atoms with Crippen LogP contribution in [0.5, 0.6) is 0 Å². The van der Waals surface area contributed by atoms with Crippen molar-refractivity contribution in [3.8, 4) is 0 Å². The molecule has 0 bridgehead atoms. The van der Waals surface area contributed by atoms with Crippen LogP contribution >= 0.6 is 0 Å². The summed E-state index contributed by atoms with van der Waals surface area (Å²) in [6.45, 7) is 14.0. The van der Waals surface area contributed by atoms with E-state index in [0.29, 0.717) is 30.0 Å². The van der Waals surface area contributed by atoms with E-state index in [1.54, 1.807) is 24.3 Å². The Balaban J connectivity index is 2.08. The van der Waals surface area contributed by atoms with Crippen molar-refractivity contribution < 1.29 is 9.59 Å². The molecule has 0 aliphatic carbocycles. The van der Waals surface area contributed by atoms with Gasteiger partial charge in [0.15, 0.2) is 0 Å². The fraction of sp³-hybridized carbons (Fsp3) is 0.440. The smallest absolute Gasteiger partial charge is 0.318 e. The van der Waals surface area contributed by atoms with Gasteiger partial charge in [0, 0.05) is 30.7 Å². The highest BCUT2D eigenvalue weighted by Crippen LogP contribution is 2.18. The van der Waals surface area contributed by atoms with Crippen molar-refractivity contribution in [2.45, 2.75) is 46.7 Å². The van der Waals surface area contributed by atoms with Crippen LogP contribution in [0.2, 0.25) is 0 Å². The van der Waals surface area contributed by atoms with E-state index in [1.807, 2.05) is 49.9 Å². The number of carbonyl (C=O) groups excluding carboxylic acids is 2. The summed E-state index contributed by atoms with van der Waals surface area (Å²) >= 11 is 0. The van der Waals surface area contributed by atoms with Crippen molar-refractivity contribution >= 4 is 23.3 Å². The molecule has 7 heteroatoms. The predicted octanol–water partition coefficient (Wildman–Crippen LogP) is 4.17. The van der Waals surface area contributed by atoms with Crippen LogP contribution < -0.4 is 16.4 Å². The second-order valence-corrected chi connectivity index (χ2v) is 8.87. The van der Waals surface area contributed by atoms with Crippen LogP contribution in [-0.2, 0) is 6.54 Å². The van der Waals surface area contributed by atoms with Gasteiger partial charge >= 0.3 is 6.03 Å². The molecule has 0 heterocycles. The number of urea groups is 1. The van der Waals surface area contributed by atoms with Crippen molar-refractivity contribution in [1.29, 1.82) is 0 Å². The molecule has 2 aromatic carbocycles. The quantitative estimate of drug-likeness (QED) is 0.512. The summed E-state index contributed by atoms with van der Waals surface area (Å²) in [5, 5.41) is 5.89. The maximum absolute atomic E-state index is 12.9. The fourth-order valence-electron chi connectivity index (χ4n) is 3.24. The molecule has 4 N–H and O–H groups in total. The van der Waals surface area contributed by atoms with E-state index < -0.39 is 0 Å². The molecule has 0 aliphatic heterocycles. The highest BCUT2D eigenvalue weighted by molar-refractivity contribution is 6.05. The Hall–Kier alpha value is -3.06. The number of rotatable bonds is 9. The summed E-state index contributed by atoms with van der Waals surface area (Å²) in [5.41, 5.74) is 8.19. The molecule has 2 aromatic rings. The zero-order valence-electron chi connectivity index (χ0n) is 19.9. The maximum atomic E-state index is 12.9. The van der Waals surface area contributed by atoms with Crippen LogP contribution in [0.4, 0.5) is 16.2 Å². The number of benzene rings is 2. The van der Waals surface area contributed by atoms with E-state index in [-0.39, 0.29) is 17.5 Å². The minimum absolute atomic E-state index is 0.0916. The van der Waals surface area contributed by atoms with Gasteiger partial charge in [0.25, 0.3) is 5.91 Å². The molecular weight excluding hydrogens is 402 g/mol. The Morgan fingerprint density at radius 3 is 2.12 bits per heavy atom. The van der Waals surface area contributed by atoms with E-state index in [2.05, 4.69) is 29.4 Å². The molecule has 3 amide bonds. The average molecular weight is 440 g/mol. The van der Waals surface area contributed by atoms with Crippen LogP contribution in [-0.4, -0.2) is 53.5 Å². The Bertz CT molecular complexity index is 886. The number of nitrogens with one attached hydrogen (secondary N) is 2. The number of para-hydroxylation sites is 2. The molecule has 0 spiro atoms. The van der Waals surface area contributed by atoms with E-state index in [4.69, 9.17) is 5.73 Å². The van der Waals surface area contributed by atoms with Crippen LogP contribution in [0, 0.1) is 0 Å². The molecule has 0 atom stereocenters. The first kappa shape index (κ1) is 25.2. The van der Waals surface area contributed by atoms with Gasteiger partial charge in [0.05, 0.1) is 11.4 Å². The van der Waals surface area contributed by atoms with Gasteiger partial charge in [-0.25, -0.2) is 4.79 Å². The third-order valence-electron chi connectivity index (χ3n) is 5.15. The van der Waals surface area contributed by atoms with Crippen molar-refractivity contribution in [2.24, 2.45) is 0 Å². The lowest BCUT2D eigenvalue weighted by molar-refractivity contribution is 0.102. The lowest BCUT2D eigenvalue weighted by Crippen LogP contribution is -2.50. The number of hydrogen-bond acceptors (Lipinski definition) is 4. The summed E-state index contributed by atoms with van der Waals surface area (Å²) < 4.78 is 0. The number of nitrogens with two attached hydrogens (primary N) is 1. The van der Waals surface area contributed by atoms with Gasteiger partial charge in [-0.05, 0) is 63.7 Å². The van der Waals surface area contributed by atoms with Gasteiger partial charge < -0.3 is 26.2 Å². The van der Waals surface area contributed by atoms with Crippen molar-refractivity contribution in [3.05, 3.63) is 59.7 Å². The first-order valence-electron chi connectivity index (χ1n) is 11.2. The second kappa shape index (κ2) is 11.5. The van der Waals surface area contributed by atoms with Gasteiger partial charge in [-0.15, -0.1) is 0 Å². The number of anilines is 2. The molecule has 0 aliphatic rings. The lowest BCUT2D eigenvalue weighted by Gasteiger charge is -2.30. The average Bonchev–Trinajstić information content (AvgIpc) is 2.74. The minimum atomic E-state index is -0.314. The maximum Gasteiger partial charge on any atom is 0.318 e. The van der Waals surface area contributed by atoms with E-state index in [1.165, 1.54) is 0 Å². The minimum Gasteiger partial charge on any atom is -0.397 e. The molecule has 0 unspecified atom stereocenters. The Kier molecular flexibility index (Phi) is 9.08. The number of nitrogens with zero attached hydrogens (tertiary/aromatic N) is 2. The lowest BCUT2D eigenvalue weighted by atomic mass is 10.1. The molecular formula is C25H37N5O2. The molecule has 0 saturated heterocycles. The van der Waals surface area contributed by atoms with Crippen molar-refractivity contribution in [1.82, 2.24) is 15.1 Å². The fourth-order valence-corrected chi connectivity index (χ4v) is 3.24. The Labute approximate surface area is 192 Å². The molecule has 0 saturated carbocycles. The summed E-state index contributed by atoms with van der Waals surface area (Å²) in [7, 11) is 0. The van der Waals surface area contributed by atoms with Gasteiger partial charge in [-0.3, -0.25) is 4.79 Å². The first-order valence-corrected chi connectivity index (χ1v) is 11.2. The number of nitrogen functional groups attached to an aromatic ring is 1. The zero-order valence-corrected chi connectivity index (χ0v) is 19.9. The highest BCUT2D eigenvalue weighted by atomic mass is 16.2. The summed E-state index contributed by atoms with van der Waals surface area (Å²) in [6.07, 6.45) is 0. The monoisotopic (exact) mass is 439 g/mol. The van der Waals surface area contributed by atoms with Crippen LogP contribution in [0.25, 0.3) is 0 Å².